The van der Waals surface area contributed by atoms with Crippen LogP contribution >= 0.6 is 15.9 Å². The molecule has 0 aliphatic heterocycles. The third-order valence-electron chi connectivity index (χ3n) is 3.17. The van der Waals surface area contributed by atoms with Crippen LogP contribution in [0, 0.1) is 11.6 Å². The van der Waals surface area contributed by atoms with Crippen molar-refractivity contribution in [2.75, 3.05) is 0 Å². The van der Waals surface area contributed by atoms with Gasteiger partial charge in [0, 0.05) is 24.6 Å². The minimum atomic E-state index is -0.546. The van der Waals surface area contributed by atoms with Gasteiger partial charge in [-0.2, -0.15) is 0 Å². The van der Waals surface area contributed by atoms with Gasteiger partial charge in [0.2, 0.25) is 0 Å². The first-order valence-corrected chi connectivity index (χ1v) is 7.25. The van der Waals surface area contributed by atoms with Crippen LogP contribution in [-0.4, -0.2) is 6.04 Å². The van der Waals surface area contributed by atoms with Gasteiger partial charge in [0.1, 0.15) is 17.4 Å². The van der Waals surface area contributed by atoms with Gasteiger partial charge in [-0.1, -0.05) is 0 Å². The molecule has 0 spiro atoms. The van der Waals surface area contributed by atoms with Crippen molar-refractivity contribution >= 4 is 15.9 Å². The molecule has 1 unspecified atom stereocenters. The largest absolute Gasteiger partial charge is 0.469 e. The normalized spacial score (nSPS) is 12.6. The summed E-state index contributed by atoms with van der Waals surface area (Å²) in [6, 6.07) is 6.53. The van der Waals surface area contributed by atoms with E-state index in [2.05, 4.69) is 21.2 Å². The molecule has 1 N–H and O–H groups in total. The highest BCUT2D eigenvalue weighted by atomic mass is 79.9. The number of aryl methyl sites for hydroxylation is 1. The molecular weight excluding hydrogens is 328 g/mol. The highest BCUT2D eigenvalue weighted by Crippen LogP contribution is 2.21. The molecule has 20 heavy (non-hydrogen) atoms. The molecule has 108 valence electrons. The van der Waals surface area contributed by atoms with Gasteiger partial charge in [-0.3, -0.25) is 0 Å². The summed E-state index contributed by atoms with van der Waals surface area (Å²) in [6.07, 6.45) is 3.27. The molecule has 1 aromatic carbocycles. The molecule has 1 atom stereocenters. The Balaban J connectivity index is 1.87. The van der Waals surface area contributed by atoms with Crippen LogP contribution in [-0.2, 0) is 13.0 Å². The second-order valence-electron chi connectivity index (χ2n) is 4.72. The van der Waals surface area contributed by atoms with Crippen LogP contribution in [0.2, 0.25) is 0 Å². The SMILES string of the molecule is CC(CCc1ccco1)NCc1c(F)ccc(Br)c1F. The van der Waals surface area contributed by atoms with Gasteiger partial charge in [0.25, 0.3) is 0 Å². The van der Waals surface area contributed by atoms with Crippen LogP contribution in [0.1, 0.15) is 24.7 Å². The molecule has 0 radical (unpaired) electrons. The minimum absolute atomic E-state index is 0.0595. The van der Waals surface area contributed by atoms with E-state index < -0.39 is 11.6 Å². The fraction of sp³-hybridized carbons (Fsp3) is 0.333. The molecule has 0 amide bonds. The number of rotatable bonds is 6. The molecular formula is C15H16BrF2NO. The molecule has 0 aliphatic rings. The first-order chi connectivity index (χ1) is 9.58. The van der Waals surface area contributed by atoms with E-state index in [1.165, 1.54) is 12.1 Å². The molecule has 0 saturated heterocycles. The topological polar surface area (TPSA) is 25.2 Å². The quantitative estimate of drug-likeness (QED) is 0.785. The summed E-state index contributed by atoms with van der Waals surface area (Å²) < 4.78 is 32.9. The molecule has 2 aromatic rings. The van der Waals surface area contributed by atoms with Crippen molar-refractivity contribution in [2.24, 2.45) is 0 Å². The zero-order valence-corrected chi connectivity index (χ0v) is 12.7. The lowest BCUT2D eigenvalue weighted by molar-refractivity contribution is 0.449. The van der Waals surface area contributed by atoms with Crippen LogP contribution in [0.25, 0.3) is 0 Å². The Bertz CT molecular complexity index is 557. The molecule has 5 heteroatoms. The lowest BCUT2D eigenvalue weighted by Gasteiger charge is -2.14. The predicted molar refractivity (Wildman–Crippen MR) is 77.4 cm³/mol. The van der Waals surface area contributed by atoms with Crippen LogP contribution in [0.4, 0.5) is 8.78 Å². The van der Waals surface area contributed by atoms with Crippen molar-refractivity contribution in [3.05, 3.63) is 58.0 Å². The van der Waals surface area contributed by atoms with Crippen molar-refractivity contribution in [1.29, 1.82) is 0 Å². The van der Waals surface area contributed by atoms with Crippen LogP contribution in [0.3, 0.4) is 0 Å². The number of benzene rings is 1. The van der Waals surface area contributed by atoms with Gasteiger partial charge in [-0.15, -0.1) is 0 Å². The molecule has 2 nitrogen and oxygen atoms in total. The lowest BCUT2D eigenvalue weighted by atomic mass is 10.1. The monoisotopic (exact) mass is 343 g/mol. The van der Waals surface area contributed by atoms with Crippen LogP contribution in [0.15, 0.2) is 39.4 Å². The molecule has 0 bridgehead atoms. The van der Waals surface area contributed by atoms with Gasteiger partial charge in [0.15, 0.2) is 0 Å². The number of hydrogen-bond donors (Lipinski definition) is 1. The van der Waals surface area contributed by atoms with E-state index in [0.717, 1.165) is 18.6 Å². The molecule has 0 aliphatic carbocycles. The average Bonchev–Trinajstić information content (AvgIpc) is 2.94. The summed E-state index contributed by atoms with van der Waals surface area (Å²) in [6.45, 7) is 2.15. The van der Waals surface area contributed by atoms with E-state index in [-0.39, 0.29) is 22.6 Å². The number of furan rings is 1. The Morgan fingerprint density at radius 3 is 2.80 bits per heavy atom. The van der Waals surface area contributed by atoms with E-state index in [0.29, 0.717) is 0 Å². The summed E-state index contributed by atoms with van der Waals surface area (Å²) in [7, 11) is 0. The Kier molecular flexibility index (Phi) is 5.31. The van der Waals surface area contributed by atoms with E-state index in [4.69, 9.17) is 4.42 Å². The maximum atomic E-state index is 13.8. The molecule has 0 fully saturated rings. The summed E-state index contributed by atoms with van der Waals surface area (Å²) in [5.74, 6) is -0.161. The van der Waals surface area contributed by atoms with Crippen molar-refractivity contribution in [3.8, 4) is 0 Å². The summed E-state index contributed by atoms with van der Waals surface area (Å²) in [4.78, 5) is 0. The zero-order valence-electron chi connectivity index (χ0n) is 11.1. The van der Waals surface area contributed by atoms with Crippen molar-refractivity contribution in [1.82, 2.24) is 5.32 Å². The number of hydrogen-bond acceptors (Lipinski definition) is 2. The zero-order chi connectivity index (χ0) is 14.5. The van der Waals surface area contributed by atoms with E-state index in [1.807, 2.05) is 19.1 Å². The highest BCUT2D eigenvalue weighted by molar-refractivity contribution is 9.10. The lowest BCUT2D eigenvalue weighted by Crippen LogP contribution is -2.27. The Morgan fingerprint density at radius 2 is 2.10 bits per heavy atom. The van der Waals surface area contributed by atoms with Crippen LogP contribution in [0.5, 0.6) is 0 Å². The van der Waals surface area contributed by atoms with Gasteiger partial charge in [0.05, 0.1) is 10.7 Å². The molecule has 2 rings (SSSR count). The smallest absolute Gasteiger partial charge is 0.144 e. The third-order valence-corrected chi connectivity index (χ3v) is 3.78. The number of halogens is 3. The Hall–Kier alpha value is -1.20. The summed E-state index contributed by atoms with van der Waals surface area (Å²) in [5.41, 5.74) is 0.0595. The van der Waals surface area contributed by atoms with Gasteiger partial charge < -0.3 is 9.73 Å². The minimum Gasteiger partial charge on any atom is -0.469 e. The van der Waals surface area contributed by atoms with Crippen molar-refractivity contribution in [2.45, 2.75) is 32.4 Å². The second kappa shape index (κ2) is 6.99. The average molecular weight is 344 g/mol. The first kappa shape index (κ1) is 15.2. The van der Waals surface area contributed by atoms with E-state index >= 15 is 0 Å². The standard InChI is InChI=1S/C15H16BrF2NO/c1-10(4-5-11-3-2-8-20-11)19-9-12-14(17)7-6-13(16)15(12)18/h2-3,6-8,10,19H,4-5,9H2,1H3. The fourth-order valence-electron chi connectivity index (χ4n) is 1.92. The van der Waals surface area contributed by atoms with Gasteiger partial charge in [-0.05, 0) is 53.5 Å². The Labute approximate surface area is 125 Å². The van der Waals surface area contributed by atoms with Gasteiger partial charge >= 0.3 is 0 Å². The third kappa shape index (κ3) is 3.90. The first-order valence-electron chi connectivity index (χ1n) is 6.46. The maximum absolute atomic E-state index is 13.8. The molecule has 1 heterocycles. The molecule has 0 saturated carbocycles. The second-order valence-corrected chi connectivity index (χ2v) is 5.58. The summed E-state index contributed by atoms with van der Waals surface area (Å²) >= 11 is 3.06. The van der Waals surface area contributed by atoms with Crippen molar-refractivity contribution < 1.29 is 13.2 Å². The predicted octanol–water partition coefficient (Wildman–Crippen LogP) is 4.43. The van der Waals surface area contributed by atoms with Crippen molar-refractivity contribution in [3.63, 3.8) is 0 Å². The Morgan fingerprint density at radius 1 is 1.30 bits per heavy atom. The van der Waals surface area contributed by atoms with E-state index in [9.17, 15) is 8.78 Å². The van der Waals surface area contributed by atoms with E-state index in [1.54, 1.807) is 6.26 Å². The maximum Gasteiger partial charge on any atom is 0.144 e. The highest BCUT2D eigenvalue weighted by Gasteiger charge is 2.13. The van der Waals surface area contributed by atoms with Gasteiger partial charge in [-0.25, -0.2) is 8.78 Å². The fourth-order valence-corrected chi connectivity index (χ4v) is 2.29. The number of nitrogens with one attached hydrogen (secondary N) is 1. The van der Waals surface area contributed by atoms with Crippen LogP contribution < -0.4 is 5.32 Å². The molecule has 1 aromatic heterocycles. The summed E-state index contributed by atoms with van der Waals surface area (Å²) in [5, 5.41) is 3.13.